The Morgan fingerprint density at radius 1 is 1.12 bits per heavy atom. The monoisotopic (exact) mass is 448 g/mol. The first-order valence-electron chi connectivity index (χ1n) is 10.5. The maximum atomic E-state index is 13.1. The molecule has 1 aliphatic carbocycles. The van der Waals surface area contributed by atoms with Crippen molar-refractivity contribution < 1.29 is 23.9 Å². The van der Waals surface area contributed by atoms with Gasteiger partial charge in [0.15, 0.2) is 5.69 Å². The number of nitrogens with one attached hydrogen (secondary N) is 1. The van der Waals surface area contributed by atoms with Crippen LogP contribution in [-0.2, 0) is 12.8 Å². The predicted octanol–water partition coefficient (Wildman–Crippen LogP) is 1.93. The normalized spacial score (nSPS) is 12.2. The van der Waals surface area contributed by atoms with Crippen LogP contribution in [0, 0.1) is 10.4 Å². The molecule has 11 nitrogen and oxygen atoms in total. The summed E-state index contributed by atoms with van der Waals surface area (Å²) in [5.74, 6) is 0.317. The minimum atomic E-state index is -0.402. The van der Waals surface area contributed by atoms with Crippen LogP contribution < -0.4 is 19.8 Å². The van der Waals surface area contributed by atoms with E-state index in [9.17, 15) is 15.2 Å². The van der Waals surface area contributed by atoms with E-state index in [4.69, 9.17) is 4.74 Å². The van der Waals surface area contributed by atoms with E-state index in [1.165, 1.54) is 0 Å². The maximum absolute atomic E-state index is 13.1. The Labute approximate surface area is 187 Å². The summed E-state index contributed by atoms with van der Waals surface area (Å²) in [7, 11) is 0. The van der Waals surface area contributed by atoms with Gasteiger partial charge in [0.05, 0.1) is 22.4 Å². The third kappa shape index (κ3) is 3.63. The minimum absolute atomic E-state index is 0.238. The Morgan fingerprint density at radius 2 is 1.88 bits per heavy atom. The molecule has 2 aromatic heterocycles. The minimum Gasteiger partial charge on any atom is -0.692 e. The molecule has 5 rings (SSSR count). The molecule has 33 heavy (non-hydrogen) atoms. The van der Waals surface area contributed by atoms with Crippen LogP contribution in [0.2, 0.25) is 0 Å². The molecule has 11 heteroatoms. The molecule has 0 radical (unpaired) electrons. The van der Waals surface area contributed by atoms with Crippen molar-refractivity contribution in [3.8, 4) is 22.8 Å². The number of aromatic nitrogens is 5. The van der Waals surface area contributed by atoms with Gasteiger partial charge in [-0.25, -0.2) is 0 Å². The Bertz CT molecular complexity index is 1330. The Hall–Kier alpha value is -4.41. The van der Waals surface area contributed by atoms with Gasteiger partial charge in [0.1, 0.15) is 11.4 Å². The predicted molar refractivity (Wildman–Crippen MR) is 115 cm³/mol. The topological polar surface area (TPSA) is 136 Å². The molecule has 0 aliphatic heterocycles. The fourth-order valence-corrected chi connectivity index (χ4v) is 3.73. The highest BCUT2D eigenvalue weighted by Crippen LogP contribution is 2.28. The quantitative estimate of drug-likeness (QED) is 0.352. The van der Waals surface area contributed by atoms with E-state index in [0.717, 1.165) is 17.0 Å². The highest BCUT2D eigenvalue weighted by Gasteiger charge is 2.39. The molecule has 1 N–H and O–H groups in total. The van der Waals surface area contributed by atoms with Gasteiger partial charge in [0.2, 0.25) is 5.69 Å². The number of anilines is 1. The molecule has 2 aromatic carbocycles. The molecular formula is C22H20N6O5. The van der Waals surface area contributed by atoms with Crippen molar-refractivity contribution in [2.45, 2.75) is 26.2 Å². The zero-order valence-electron chi connectivity index (χ0n) is 17.7. The summed E-state index contributed by atoms with van der Waals surface area (Å²) in [6.45, 7) is 2.64. The number of nitrogens with zero attached hydrogens (tertiary/aromatic N) is 5. The second-order valence-electron chi connectivity index (χ2n) is 7.53. The van der Waals surface area contributed by atoms with E-state index in [2.05, 4.69) is 20.2 Å². The molecule has 0 bridgehead atoms. The molecular weight excluding hydrogens is 428 g/mol. The van der Waals surface area contributed by atoms with Gasteiger partial charge in [0, 0.05) is 18.5 Å². The van der Waals surface area contributed by atoms with Crippen molar-refractivity contribution in [3.05, 3.63) is 75.9 Å². The van der Waals surface area contributed by atoms with Crippen LogP contribution in [0.15, 0.2) is 53.2 Å². The summed E-state index contributed by atoms with van der Waals surface area (Å²) < 4.78 is 10.2. The van der Waals surface area contributed by atoms with E-state index in [-0.39, 0.29) is 17.0 Å². The third-order valence-electron chi connectivity index (χ3n) is 5.34. The van der Waals surface area contributed by atoms with Gasteiger partial charge in [-0.3, -0.25) is 9.42 Å². The molecule has 168 valence electrons. The van der Waals surface area contributed by atoms with Crippen LogP contribution in [0.1, 0.15) is 35.1 Å². The number of amides is 1. The van der Waals surface area contributed by atoms with Gasteiger partial charge in [-0.1, -0.05) is 19.1 Å². The van der Waals surface area contributed by atoms with E-state index < -0.39 is 5.91 Å². The maximum Gasteiger partial charge on any atom is 0.303 e. The molecule has 1 aliphatic rings. The number of fused-ring (bicyclic) bond motifs is 3. The van der Waals surface area contributed by atoms with Gasteiger partial charge >= 0.3 is 11.4 Å². The summed E-state index contributed by atoms with van der Waals surface area (Å²) in [6.07, 6.45) is 1.51. The van der Waals surface area contributed by atoms with Crippen molar-refractivity contribution >= 4 is 11.6 Å². The van der Waals surface area contributed by atoms with Crippen LogP contribution >= 0.6 is 0 Å². The van der Waals surface area contributed by atoms with Gasteiger partial charge in [-0.05, 0) is 52.5 Å². The Balaban J connectivity index is 1.46. The first kappa shape index (κ1) is 20.5. The van der Waals surface area contributed by atoms with E-state index >= 15 is 0 Å². The summed E-state index contributed by atoms with van der Waals surface area (Å²) in [6, 6.07) is 13.7. The third-order valence-corrected chi connectivity index (χ3v) is 5.34. The zero-order valence-corrected chi connectivity index (χ0v) is 17.7. The number of para-hydroxylation sites is 1. The molecule has 0 unspecified atom stereocenters. The summed E-state index contributed by atoms with van der Waals surface area (Å²) in [4.78, 5) is 15.1. The lowest BCUT2D eigenvalue weighted by molar-refractivity contribution is -0.808. The smallest absolute Gasteiger partial charge is 0.303 e. The van der Waals surface area contributed by atoms with Crippen molar-refractivity contribution in [1.29, 1.82) is 0 Å². The number of carbonyl (C=O) groups is 1. The lowest BCUT2D eigenvalue weighted by Crippen LogP contribution is -2.42. The van der Waals surface area contributed by atoms with Crippen LogP contribution in [0.25, 0.3) is 17.1 Å². The van der Waals surface area contributed by atoms with Crippen molar-refractivity contribution in [1.82, 2.24) is 15.1 Å². The number of hydrogen-bond acceptors (Lipinski definition) is 7. The first-order valence-corrected chi connectivity index (χ1v) is 10.5. The van der Waals surface area contributed by atoms with Gasteiger partial charge < -0.3 is 20.5 Å². The largest absolute Gasteiger partial charge is 0.692 e. The number of ether oxygens (including phenoxy) is 1. The molecule has 0 saturated heterocycles. The average molecular weight is 448 g/mol. The Kier molecular flexibility index (Phi) is 5.13. The molecule has 2 heterocycles. The summed E-state index contributed by atoms with van der Waals surface area (Å²) >= 11 is 0. The average Bonchev–Trinajstić information content (AvgIpc) is 3.38. The number of benzene rings is 2. The zero-order chi connectivity index (χ0) is 22.9. The van der Waals surface area contributed by atoms with Gasteiger partial charge in [-0.15, -0.1) is 4.85 Å². The number of carbonyl (C=O) groups excluding carboxylic acids is 1. The number of rotatable bonds is 6. The van der Waals surface area contributed by atoms with Gasteiger partial charge in [-0.2, -0.15) is 0 Å². The standard InChI is InChI=1S/C22H20N6O5/c1-2-13-32-15-9-7-14(8-10-15)23-22(29)16-5-3-4-6-17(16)26-24-20-18(27(26)30)11-12-19-21(20)25-33-28(19)31/h3-10H,2,11-13H2,1H3,(H,23,29). The fraction of sp³-hybridized carbons (Fsp3) is 0.227. The lowest BCUT2D eigenvalue weighted by atomic mass is 10.0. The van der Waals surface area contributed by atoms with E-state index in [0.29, 0.717) is 52.0 Å². The lowest BCUT2D eigenvalue weighted by Gasteiger charge is -2.11. The summed E-state index contributed by atoms with van der Waals surface area (Å²) in [5.41, 5.74) is 2.32. The first-order chi connectivity index (χ1) is 16.1. The molecule has 0 atom stereocenters. The van der Waals surface area contributed by atoms with Crippen LogP contribution in [0.4, 0.5) is 5.69 Å². The van der Waals surface area contributed by atoms with Crippen molar-refractivity contribution in [3.63, 3.8) is 0 Å². The van der Waals surface area contributed by atoms with E-state index in [1.54, 1.807) is 48.5 Å². The SMILES string of the molecule is CCCOc1ccc(NC(=O)c2ccccc2-n2nc3c([n+]2[O-])CCc2c-3no[n+]2[O-])cc1. The second-order valence-corrected chi connectivity index (χ2v) is 7.53. The molecule has 0 spiro atoms. The summed E-state index contributed by atoms with van der Waals surface area (Å²) in [5, 5.41) is 35.7. The Morgan fingerprint density at radius 3 is 2.67 bits per heavy atom. The van der Waals surface area contributed by atoms with Crippen LogP contribution in [0.5, 0.6) is 5.75 Å². The van der Waals surface area contributed by atoms with Crippen LogP contribution in [-0.4, -0.2) is 27.6 Å². The highest BCUT2D eigenvalue weighted by atomic mass is 16.8. The molecule has 0 saturated carbocycles. The molecule has 4 aromatic rings. The van der Waals surface area contributed by atoms with Gasteiger partial charge in [0.25, 0.3) is 5.91 Å². The number of hydrogen-bond donors (Lipinski definition) is 1. The van der Waals surface area contributed by atoms with Crippen molar-refractivity contribution in [2.75, 3.05) is 11.9 Å². The highest BCUT2D eigenvalue weighted by molar-refractivity contribution is 6.06. The van der Waals surface area contributed by atoms with Crippen LogP contribution in [0.3, 0.4) is 0 Å². The molecule has 1 amide bonds. The fourth-order valence-electron chi connectivity index (χ4n) is 3.73. The van der Waals surface area contributed by atoms with Crippen molar-refractivity contribution in [2.24, 2.45) is 0 Å². The van der Waals surface area contributed by atoms with E-state index in [1.807, 2.05) is 6.92 Å². The molecule has 0 fully saturated rings. The second kappa shape index (κ2) is 8.26.